The molecule has 0 saturated carbocycles. The molecule has 0 aliphatic carbocycles. The first-order valence-electron chi connectivity index (χ1n) is 5.63. The van der Waals surface area contributed by atoms with Gasteiger partial charge in [-0.05, 0) is 26.2 Å². The lowest BCUT2D eigenvalue weighted by Crippen LogP contribution is -2.45. The van der Waals surface area contributed by atoms with Crippen LogP contribution in [0.3, 0.4) is 0 Å². The van der Waals surface area contributed by atoms with Crippen LogP contribution in [0.1, 0.15) is 34.1 Å². The van der Waals surface area contributed by atoms with Gasteiger partial charge in [-0.15, -0.1) is 12.4 Å². The highest BCUT2D eigenvalue weighted by Crippen LogP contribution is 2.04. The van der Waals surface area contributed by atoms with Crippen molar-refractivity contribution >= 4 is 18.3 Å². The molecular weight excluding hydrogens is 228 g/mol. The normalized spacial score (nSPS) is 14.1. The number of halogens is 1. The van der Waals surface area contributed by atoms with E-state index in [0.29, 0.717) is 19.1 Å². The Morgan fingerprint density at radius 2 is 1.94 bits per heavy atom. The summed E-state index contributed by atoms with van der Waals surface area (Å²) in [6.07, 6.45) is 0.511. The lowest BCUT2D eigenvalue weighted by molar-refractivity contribution is -0.132. The fraction of sp³-hybridized carbons (Fsp3) is 0.909. The molecule has 2 unspecified atom stereocenters. The SMILES string of the molecule is CCOC(C)C(=O)NC(CN)CC(C)C.Cl. The molecule has 0 aromatic heterocycles. The lowest BCUT2D eigenvalue weighted by atomic mass is 10.0. The Balaban J connectivity index is 0. The van der Waals surface area contributed by atoms with Gasteiger partial charge in [0.25, 0.3) is 0 Å². The van der Waals surface area contributed by atoms with E-state index in [2.05, 4.69) is 19.2 Å². The number of carbonyl (C=O) groups is 1. The van der Waals surface area contributed by atoms with Crippen LogP contribution in [0.25, 0.3) is 0 Å². The van der Waals surface area contributed by atoms with Crippen molar-refractivity contribution in [1.29, 1.82) is 0 Å². The molecule has 0 aromatic carbocycles. The molecule has 0 aromatic rings. The van der Waals surface area contributed by atoms with E-state index in [1.54, 1.807) is 6.92 Å². The first kappa shape index (κ1) is 18.1. The van der Waals surface area contributed by atoms with E-state index in [1.165, 1.54) is 0 Å². The van der Waals surface area contributed by atoms with Gasteiger partial charge in [-0.1, -0.05) is 13.8 Å². The highest BCUT2D eigenvalue weighted by molar-refractivity contribution is 5.85. The number of nitrogens with two attached hydrogens (primary N) is 1. The second-order valence-corrected chi connectivity index (χ2v) is 4.17. The Morgan fingerprint density at radius 3 is 2.31 bits per heavy atom. The van der Waals surface area contributed by atoms with Crippen LogP contribution >= 0.6 is 12.4 Å². The molecule has 0 bridgehead atoms. The zero-order valence-corrected chi connectivity index (χ0v) is 11.5. The van der Waals surface area contributed by atoms with E-state index in [9.17, 15) is 4.79 Å². The summed E-state index contributed by atoms with van der Waals surface area (Å²) in [5.41, 5.74) is 5.59. The predicted octanol–water partition coefficient (Wildman–Crippen LogP) is 1.32. The third kappa shape index (κ3) is 7.91. The van der Waals surface area contributed by atoms with Crippen molar-refractivity contribution in [3.63, 3.8) is 0 Å². The van der Waals surface area contributed by atoms with Crippen molar-refractivity contribution in [2.24, 2.45) is 11.7 Å². The minimum absolute atomic E-state index is 0. The van der Waals surface area contributed by atoms with Gasteiger partial charge in [0, 0.05) is 19.2 Å². The predicted molar refractivity (Wildman–Crippen MR) is 68.8 cm³/mol. The molecule has 5 heteroatoms. The quantitative estimate of drug-likeness (QED) is 0.718. The summed E-state index contributed by atoms with van der Waals surface area (Å²) in [7, 11) is 0. The first-order valence-corrected chi connectivity index (χ1v) is 5.63. The third-order valence-corrected chi connectivity index (χ3v) is 2.17. The minimum Gasteiger partial charge on any atom is -0.369 e. The van der Waals surface area contributed by atoms with Crippen molar-refractivity contribution < 1.29 is 9.53 Å². The van der Waals surface area contributed by atoms with Crippen molar-refractivity contribution in [2.75, 3.05) is 13.2 Å². The summed E-state index contributed by atoms with van der Waals surface area (Å²) in [6.45, 7) is 8.87. The number of carbonyl (C=O) groups excluding carboxylic acids is 1. The van der Waals surface area contributed by atoms with Crippen molar-refractivity contribution in [1.82, 2.24) is 5.32 Å². The summed E-state index contributed by atoms with van der Waals surface area (Å²) in [5, 5.41) is 2.89. The van der Waals surface area contributed by atoms with Crippen LogP contribution in [-0.4, -0.2) is 31.2 Å². The van der Waals surface area contributed by atoms with Crippen LogP contribution in [-0.2, 0) is 9.53 Å². The van der Waals surface area contributed by atoms with Crippen molar-refractivity contribution in [3.05, 3.63) is 0 Å². The number of hydrogen-bond acceptors (Lipinski definition) is 3. The van der Waals surface area contributed by atoms with Crippen LogP contribution in [0.15, 0.2) is 0 Å². The maximum atomic E-state index is 11.6. The Kier molecular flexibility index (Phi) is 11.1. The zero-order chi connectivity index (χ0) is 11.8. The number of amides is 1. The number of hydrogen-bond donors (Lipinski definition) is 2. The van der Waals surface area contributed by atoms with Gasteiger partial charge >= 0.3 is 0 Å². The van der Waals surface area contributed by atoms with Crippen LogP contribution in [0, 0.1) is 5.92 Å². The van der Waals surface area contributed by atoms with Gasteiger partial charge in [0.2, 0.25) is 5.91 Å². The average molecular weight is 253 g/mol. The Morgan fingerprint density at radius 1 is 1.38 bits per heavy atom. The van der Waals surface area contributed by atoms with E-state index in [1.807, 2.05) is 6.92 Å². The fourth-order valence-electron chi connectivity index (χ4n) is 1.43. The van der Waals surface area contributed by atoms with Gasteiger partial charge in [0.1, 0.15) is 6.10 Å². The van der Waals surface area contributed by atoms with E-state index in [4.69, 9.17) is 10.5 Å². The van der Waals surface area contributed by atoms with E-state index < -0.39 is 6.10 Å². The maximum Gasteiger partial charge on any atom is 0.249 e. The molecular formula is C11H25ClN2O2. The lowest BCUT2D eigenvalue weighted by Gasteiger charge is -2.21. The second-order valence-electron chi connectivity index (χ2n) is 4.17. The van der Waals surface area contributed by atoms with Gasteiger partial charge in [0.05, 0.1) is 0 Å². The Hall–Kier alpha value is -0.320. The highest BCUT2D eigenvalue weighted by atomic mass is 35.5. The zero-order valence-electron chi connectivity index (χ0n) is 10.7. The standard InChI is InChI=1S/C11H24N2O2.ClH/c1-5-15-9(4)11(14)13-10(7-12)6-8(2)3;/h8-10H,5-7,12H2,1-4H3,(H,13,14);1H. The summed E-state index contributed by atoms with van der Waals surface area (Å²) >= 11 is 0. The molecule has 16 heavy (non-hydrogen) atoms. The van der Waals surface area contributed by atoms with E-state index in [-0.39, 0.29) is 24.4 Å². The molecule has 4 nitrogen and oxygen atoms in total. The molecule has 1 amide bonds. The maximum absolute atomic E-state index is 11.6. The summed E-state index contributed by atoms with van der Waals surface area (Å²) < 4.78 is 5.20. The average Bonchev–Trinajstić information content (AvgIpc) is 2.16. The molecule has 0 aliphatic rings. The number of ether oxygens (including phenoxy) is 1. The van der Waals surface area contributed by atoms with Gasteiger partial charge in [0.15, 0.2) is 0 Å². The van der Waals surface area contributed by atoms with E-state index >= 15 is 0 Å². The van der Waals surface area contributed by atoms with Gasteiger partial charge in [-0.2, -0.15) is 0 Å². The molecule has 0 heterocycles. The summed E-state index contributed by atoms with van der Waals surface area (Å²) in [4.78, 5) is 11.6. The molecule has 2 atom stereocenters. The minimum atomic E-state index is -0.392. The van der Waals surface area contributed by atoms with Crippen LogP contribution in [0.4, 0.5) is 0 Å². The third-order valence-electron chi connectivity index (χ3n) is 2.17. The largest absolute Gasteiger partial charge is 0.369 e. The van der Waals surface area contributed by atoms with Crippen LogP contribution < -0.4 is 11.1 Å². The second kappa shape index (κ2) is 9.87. The molecule has 3 N–H and O–H groups in total. The molecule has 0 saturated heterocycles. The molecule has 0 rings (SSSR count). The number of rotatable bonds is 7. The van der Waals surface area contributed by atoms with Crippen LogP contribution in [0.2, 0.25) is 0 Å². The van der Waals surface area contributed by atoms with Crippen LogP contribution in [0.5, 0.6) is 0 Å². The first-order chi connectivity index (χ1) is 7.01. The van der Waals surface area contributed by atoms with Crippen molar-refractivity contribution in [3.8, 4) is 0 Å². The summed E-state index contributed by atoms with van der Waals surface area (Å²) in [5.74, 6) is 0.453. The van der Waals surface area contributed by atoms with E-state index in [0.717, 1.165) is 6.42 Å². The smallest absolute Gasteiger partial charge is 0.249 e. The Bertz CT molecular complexity index is 189. The van der Waals surface area contributed by atoms with Crippen molar-refractivity contribution in [2.45, 2.75) is 46.3 Å². The molecule has 98 valence electrons. The van der Waals surface area contributed by atoms with Gasteiger partial charge in [-0.3, -0.25) is 4.79 Å². The topological polar surface area (TPSA) is 64.3 Å². The summed E-state index contributed by atoms with van der Waals surface area (Å²) in [6, 6.07) is 0.0559. The molecule has 0 fully saturated rings. The Labute approximate surface area is 105 Å². The van der Waals surface area contributed by atoms with Gasteiger partial charge < -0.3 is 15.8 Å². The molecule has 0 spiro atoms. The van der Waals surface area contributed by atoms with Gasteiger partial charge in [-0.25, -0.2) is 0 Å². The fourth-order valence-corrected chi connectivity index (χ4v) is 1.43. The number of nitrogens with one attached hydrogen (secondary N) is 1. The molecule has 0 aliphatic heterocycles. The molecule has 0 radical (unpaired) electrons. The monoisotopic (exact) mass is 252 g/mol. The highest BCUT2D eigenvalue weighted by Gasteiger charge is 2.17.